The third kappa shape index (κ3) is 7.79. The largest absolute Gasteiger partial charge is 0.479 e. The molecule has 2 amide bonds. The molecule has 36 heavy (non-hydrogen) atoms. The predicted molar refractivity (Wildman–Crippen MR) is 137 cm³/mol. The lowest BCUT2D eigenvalue weighted by molar-refractivity contribution is -0.384. The van der Waals surface area contributed by atoms with E-state index >= 15 is 0 Å². The fourth-order valence-electron chi connectivity index (χ4n) is 3.13. The van der Waals surface area contributed by atoms with E-state index in [4.69, 9.17) is 27.9 Å². The first kappa shape index (κ1) is 26.7. The number of rotatable bonds is 10. The van der Waals surface area contributed by atoms with Crippen molar-refractivity contribution in [3.63, 3.8) is 0 Å². The summed E-state index contributed by atoms with van der Waals surface area (Å²) in [7, 11) is 0. The number of nitro groups is 1. The lowest BCUT2D eigenvalue weighted by Crippen LogP contribution is -2.50. The van der Waals surface area contributed by atoms with E-state index < -0.39 is 28.9 Å². The average Bonchev–Trinajstić information content (AvgIpc) is 2.86. The molecule has 2 atom stereocenters. The summed E-state index contributed by atoms with van der Waals surface area (Å²) in [5.41, 5.74) is 3.52. The standard InChI is InChI=1S/C25H22Cl2N4O5/c1-16(36-23-11-10-19(26)14-21(23)27)24(32)29-22(13-17-6-3-2-4-7-17)25(33)30-28-15-18-8-5-9-20(12-18)31(34)35/h2-12,14-16,22H,13H2,1H3,(H,29,32)(H,30,33)/b28-15-/t16-,22-/m1/s1. The first-order valence-electron chi connectivity index (χ1n) is 10.8. The molecule has 0 aromatic heterocycles. The first-order chi connectivity index (χ1) is 17.2. The number of hydrogen-bond donors (Lipinski definition) is 2. The third-order valence-corrected chi connectivity index (χ3v) is 5.48. The molecule has 186 valence electrons. The predicted octanol–water partition coefficient (Wildman–Crippen LogP) is 4.55. The molecular formula is C25H22Cl2N4O5. The van der Waals surface area contributed by atoms with Crippen molar-refractivity contribution in [1.82, 2.24) is 10.7 Å². The maximum absolute atomic E-state index is 12.9. The van der Waals surface area contributed by atoms with Crippen LogP contribution in [-0.4, -0.2) is 35.1 Å². The fourth-order valence-corrected chi connectivity index (χ4v) is 3.58. The summed E-state index contributed by atoms with van der Waals surface area (Å²) in [4.78, 5) is 36.1. The van der Waals surface area contributed by atoms with Crippen molar-refractivity contribution in [2.75, 3.05) is 0 Å². The maximum atomic E-state index is 12.9. The lowest BCUT2D eigenvalue weighted by Gasteiger charge is -2.21. The topological polar surface area (TPSA) is 123 Å². The summed E-state index contributed by atoms with van der Waals surface area (Å²) in [5.74, 6) is -0.847. The molecule has 0 saturated heterocycles. The minimum atomic E-state index is -0.978. The average molecular weight is 529 g/mol. The van der Waals surface area contributed by atoms with Crippen LogP contribution in [0.5, 0.6) is 5.75 Å². The van der Waals surface area contributed by atoms with Gasteiger partial charge in [0.2, 0.25) is 0 Å². The van der Waals surface area contributed by atoms with E-state index in [1.807, 2.05) is 30.3 Å². The van der Waals surface area contributed by atoms with E-state index in [1.54, 1.807) is 18.2 Å². The number of carbonyl (C=O) groups excluding carboxylic acids is 2. The van der Waals surface area contributed by atoms with E-state index in [1.165, 1.54) is 37.4 Å². The number of nitrogens with zero attached hydrogens (tertiary/aromatic N) is 2. The molecule has 11 heteroatoms. The second-order valence-corrected chi connectivity index (χ2v) is 8.52. The zero-order chi connectivity index (χ0) is 26.1. The quantitative estimate of drug-likeness (QED) is 0.227. The van der Waals surface area contributed by atoms with Crippen LogP contribution in [0.25, 0.3) is 0 Å². The molecule has 3 aromatic rings. The van der Waals surface area contributed by atoms with Gasteiger partial charge in [-0.1, -0.05) is 65.7 Å². The summed E-state index contributed by atoms with van der Waals surface area (Å²) < 4.78 is 5.64. The number of non-ortho nitro benzene ring substituents is 1. The highest BCUT2D eigenvalue weighted by molar-refractivity contribution is 6.35. The fraction of sp³-hybridized carbons (Fsp3) is 0.160. The Bertz CT molecular complexity index is 1270. The van der Waals surface area contributed by atoms with Gasteiger partial charge in [-0.05, 0) is 30.7 Å². The van der Waals surface area contributed by atoms with Crippen molar-refractivity contribution in [1.29, 1.82) is 0 Å². The van der Waals surface area contributed by atoms with Gasteiger partial charge in [0.25, 0.3) is 17.5 Å². The van der Waals surface area contributed by atoms with Crippen LogP contribution in [0.2, 0.25) is 10.0 Å². The minimum absolute atomic E-state index is 0.103. The highest BCUT2D eigenvalue weighted by Gasteiger charge is 2.25. The molecule has 0 aliphatic carbocycles. The van der Waals surface area contributed by atoms with E-state index in [0.29, 0.717) is 10.6 Å². The molecule has 3 aromatic carbocycles. The van der Waals surface area contributed by atoms with Gasteiger partial charge in [-0.3, -0.25) is 19.7 Å². The summed E-state index contributed by atoms with van der Waals surface area (Å²) in [6.45, 7) is 1.53. The summed E-state index contributed by atoms with van der Waals surface area (Å²) in [6, 6.07) is 18.6. The van der Waals surface area contributed by atoms with Gasteiger partial charge in [-0.25, -0.2) is 5.43 Å². The third-order valence-electron chi connectivity index (χ3n) is 4.95. The second kappa shape index (κ2) is 12.7. The van der Waals surface area contributed by atoms with Crippen LogP contribution in [0.15, 0.2) is 77.9 Å². The Morgan fingerprint density at radius 3 is 2.50 bits per heavy atom. The Morgan fingerprint density at radius 1 is 1.06 bits per heavy atom. The molecular weight excluding hydrogens is 507 g/mol. The van der Waals surface area contributed by atoms with Gasteiger partial charge in [0.05, 0.1) is 16.2 Å². The molecule has 0 radical (unpaired) electrons. The number of hydrazone groups is 1. The van der Waals surface area contributed by atoms with Crippen molar-refractivity contribution in [3.8, 4) is 5.75 Å². The van der Waals surface area contributed by atoms with Crippen LogP contribution in [0.3, 0.4) is 0 Å². The van der Waals surface area contributed by atoms with E-state index in [-0.39, 0.29) is 22.9 Å². The van der Waals surface area contributed by atoms with Crippen LogP contribution in [0.4, 0.5) is 5.69 Å². The number of nitro benzene ring substituents is 1. The van der Waals surface area contributed by atoms with Crippen LogP contribution >= 0.6 is 23.2 Å². The minimum Gasteiger partial charge on any atom is -0.479 e. The van der Waals surface area contributed by atoms with Crippen molar-refractivity contribution < 1.29 is 19.2 Å². The monoisotopic (exact) mass is 528 g/mol. The molecule has 0 aliphatic rings. The van der Waals surface area contributed by atoms with Gasteiger partial charge < -0.3 is 10.1 Å². The molecule has 0 aliphatic heterocycles. The van der Waals surface area contributed by atoms with Crippen molar-refractivity contribution in [3.05, 3.63) is 104 Å². The smallest absolute Gasteiger partial charge is 0.270 e. The Kier molecular flexibility index (Phi) is 9.38. The van der Waals surface area contributed by atoms with E-state index in [9.17, 15) is 19.7 Å². The SMILES string of the molecule is C[C@@H](Oc1ccc(Cl)cc1Cl)C(=O)N[C@H](Cc1ccccc1)C(=O)N/N=C\c1cccc([N+](=O)[O-])c1. The van der Waals surface area contributed by atoms with Gasteiger partial charge in [0.1, 0.15) is 11.8 Å². The van der Waals surface area contributed by atoms with Gasteiger partial charge in [0.15, 0.2) is 6.10 Å². The van der Waals surface area contributed by atoms with Crippen LogP contribution in [0.1, 0.15) is 18.1 Å². The molecule has 0 heterocycles. The van der Waals surface area contributed by atoms with E-state index in [2.05, 4.69) is 15.8 Å². The highest BCUT2D eigenvalue weighted by Crippen LogP contribution is 2.28. The Hall–Kier alpha value is -3.95. The van der Waals surface area contributed by atoms with Crippen molar-refractivity contribution in [2.24, 2.45) is 5.10 Å². The molecule has 0 fully saturated rings. The normalized spacial score (nSPS) is 12.5. The maximum Gasteiger partial charge on any atom is 0.270 e. The molecule has 0 bridgehead atoms. The Balaban J connectivity index is 1.69. The summed E-state index contributed by atoms with van der Waals surface area (Å²) >= 11 is 12.0. The van der Waals surface area contributed by atoms with Gasteiger partial charge in [-0.2, -0.15) is 5.10 Å². The summed E-state index contributed by atoms with van der Waals surface area (Å²) in [6.07, 6.45) is 0.503. The molecule has 0 spiro atoms. The van der Waals surface area contributed by atoms with Gasteiger partial charge in [0, 0.05) is 29.1 Å². The number of nitrogens with one attached hydrogen (secondary N) is 2. The van der Waals surface area contributed by atoms with Crippen LogP contribution in [-0.2, 0) is 16.0 Å². The number of hydrogen-bond acceptors (Lipinski definition) is 6. The van der Waals surface area contributed by atoms with Crippen LogP contribution in [0, 0.1) is 10.1 Å². The zero-order valence-electron chi connectivity index (χ0n) is 19.1. The lowest BCUT2D eigenvalue weighted by atomic mass is 10.1. The number of benzene rings is 3. The molecule has 9 nitrogen and oxygen atoms in total. The Morgan fingerprint density at radius 2 is 1.81 bits per heavy atom. The highest BCUT2D eigenvalue weighted by atomic mass is 35.5. The number of carbonyl (C=O) groups is 2. The molecule has 0 unspecified atom stereocenters. The second-order valence-electron chi connectivity index (χ2n) is 7.67. The van der Waals surface area contributed by atoms with Crippen molar-refractivity contribution in [2.45, 2.75) is 25.5 Å². The van der Waals surface area contributed by atoms with Crippen LogP contribution < -0.4 is 15.5 Å². The van der Waals surface area contributed by atoms with E-state index in [0.717, 1.165) is 5.56 Å². The zero-order valence-corrected chi connectivity index (χ0v) is 20.6. The number of ether oxygens (including phenoxy) is 1. The van der Waals surface area contributed by atoms with Gasteiger partial charge in [-0.15, -0.1) is 0 Å². The van der Waals surface area contributed by atoms with Crippen molar-refractivity contribution >= 4 is 46.9 Å². The molecule has 0 saturated carbocycles. The first-order valence-corrected chi connectivity index (χ1v) is 11.5. The van der Waals surface area contributed by atoms with Gasteiger partial charge >= 0.3 is 0 Å². The molecule has 2 N–H and O–H groups in total. The Labute approximate surface area is 217 Å². The molecule has 3 rings (SSSR count). The number of halogens is 2. The number of amides is 2. The summed E-state index contributed by atoms with van der Waals surface area (Å²) in [5, 5.41) is 18.2.